The maximum absolute atomic E-state index is 12.0. The Bertz CT molecular complexity index is 462. The number of anilines is 1. The summed E-state index contributed by atoms with van der Waals surface area (Å²) in [5, 5.41) is 3.41. The topological polar surface area (TPSA) is 67.6 Å². The Balaban J connectivity index is 1.72. The summed E-state index contributed by atoms with van der Waals surface area (Å²) in [6, 6.07) is 4.90. The summed E-state index contributed by atoms with van der Waals surface area (Å²) in [6.07, 6.45) is 0.916. The first-order valence-electron chi connectivity index (χ1n) is 6.80. The van der Waals surface area contributed by atoms with Crippen LogP contribution < -0.4 is 11.1 Å². The van der Waals surface area contributed by atoms with E-state index in [1.165, 1.54) is 0 Å². The third-order valence-corrected chi connectivity index (χ3v) is 3.53. The minimum atomic E-state index is -0.152. The highest BCUT2D eigenvalue weighted by Crippen LogP contribution is 2.17. The molecule has 1 aromatic carbocycles. The molecule has 0 unspecified atom stereocenters. The Kier molecular flexibility index (Phi) is 5.64. The second kappa shape index (κ2) is 7.47. The van der Waals surface area contributed by atoms with Crippen molar-refractivity contribution < 1.29 is 9.53 Å². The number of hydrogen-bond acceptors (Lipinski definition) is 4. The Morgan fingerprint density at radius 3 is 2.85 bits per heavy atom. The quantitative estimate of drug-likeness (QED) is 0.636. The number of carbonyl (C=O) groups excluding carboxylic acids is 1. The highest BCUT2D eigenvalue weighted by molar-refractivity contribution is 6.31. The maximum Gasteiger partial charge on any atom is 0.253 e. The molecule has 0 aliphatic carbocycles. The molecular formula is C14H20ClN3O2. The summed E-state index contributed by atoms with van der Waals surface area (Å²) in [4.78, 5) is 14.3. The zero-order chi connectivity index (χ0) is 14.4. The fourth-order valence-corrected chi connectivity index (χ4v) is 2.35. The summed E-state index contributed by atoms with van der Waals surface area (Å²) in [6.45, 7) is 5.15. The number of ether oxygens (including phenoxy) is 1. The van der Waals surface area contributed by atoms with Crippen LogP contribution in [0.5, 0.6) is 0 Å². The van der Waals surface area contributed by atoms with Crippen molar-refractivity contribution >= 4 is 23.2 Å². The fourth-order valence-electron chi connectivity index (χ4n) is 2.16. The lowest BCUT2D eigenvalue weighted by atomic mass is 10.1. The van der Waals surface area contributed by atoms with Gasteiger partial charge in [0.25, 0.3) is 5.91 Å². The average Bonchev–Trinajstić information content (AvgIpc) is 2.44. The van der Waals surface area contributed by atoms with Gasteiger partial charge >= 0.3 is 0 Å². The molecule has 1 fully saturated rings. The number of carbonyl (C=O) groups is 1. The summed E-state index contributed by atoms with van der Waals surface area (Å²) in [5.74, 6) is -0.152. The van der Waals surface area contributed by atoms with Gasteiger partial charge in [-0.2, -0.15) is 0 Å². The number of amides is 1. The molecule has 0 bridgehead atoms. The monoisotopic (exact) mass is 297 g/mol. The minimum absolute atomic E-state index is 0.152. The number of halogens is 1. The third-order valence-electron chi connectivity index (χ3n) is 3.30. The number of nitrogens with zero attached hydrogens (tertiary/aromatic N) is 1. The zero-order valence-electron chi connectivity index (χ0n) is 11.4. The first-order chi connectivity index (χ1) is 9.66. The molecule has 1 aliphatic rings. The number of hydrogen-bond donors (Lipinski definition) is 2. The van der Waals surface area contributed by atoms with Gasteiger partial charge in [0.15, 0.2) is 0 Å². The number of nitrogens with two attached hydrogens (primary N) is 1. The molecule has 110 valence electrons. The molecule has 0 aromatic heterocycles. The number of nitrogens with one attached hydrogen (secondary N) is 1. The molecule has 2 rings (SSSR count). The molecule has 0 spiro atoms. The molecule has 1 amide bonds. The standard InChI is InChI=1S/C14H20ClN3O2/c15-11-2-3-12(13(16)10-11)14(19)17-4-1-5-18-6-8-20-9-7-18/h2-3,10H,1,4-9,16H2,(H,17,19). The lowest BCUT2D eigenvalue weighted by molar-refractivity contribution is 0.0374. The number of benzene rings is 1. The van der Waals surface area contributed by atoms with Gasteiger partial charge in [-0.15, -0.1) is 0 Å². The first kappa shape index (κ1) is 15.1. The van der Waals surface area contributed by atoms with Crippen LogP contribution in [0.2, 0.25) is 5.02 Å². The van der Waals surface area contributed by atoms with Crippen molar-refractivity contribution in [1.29, 1.82) is 0 Å². The van der Waals surface area contributed by atoms with Gasteiger partial charge in [0.05, 0.1) is 18.8 Å². The van der Waals surface area contributed by atoms with Gasteiger partial charge in [0.2, 0.25) is 0 Å². The van der Waals surface area contributed by atoms with Crippen LogP contribution in [-0.4, -0.2) is 50.2 Å². The molecule has 0 saturated carbocycles. The fraction of sp³-hybridized carbons (Fsp3) is 0.500. The van der Waals surface area contributed by atoms with Crippen LogP contribution in [0.4, 0.5) is 5.69 Å². The smallest absolute Gasteiger partial charge is 0.253 e. The van der Waals surface area contributed by atoms with Crippen molar-refractivity contribution in [3.8, 4) is 0 Å². The largest absolute Gasteiger partial charge is 0.398 e. The Morgan fingerprint density at radius 1 is 1.40 bits per heavy atom. The van der Waals surface area contributed by atoms with Gasteiger partial charge in [0.1, 0.15) is 0 Å². The van der Waals surface area contributed by atoms with E-state index >= 15 is 0 Å². The minimum Gasteiger partial charge on any atom is -0.398 e. The van der Waals surface area contributed by atoms with E-state index in [0.717, 1.165) is 39.3 Å². The van der Waals surface area contributed by atoms with Crippen LogP contribution >= 0.6 is 11.6 Å². The average molecular weight is 298 g/mol. The second-order valence-electron chi connectivity index (χ2n) is 4.80. The molecule has 1 aliphatic heterocycles. The van der Waals surface area contributed by atoms with Crippen molar-refractivity contribution in [2.24, 2.45) is 0 Å². The summed E-state index contributed by atoms with van der Waals surface area (Å²) in [7, 11) is 0. The van der Waals surface area contributed by atoms with Crippen molar-refractivity contribution in [3.63, 3.8) is 0 Å². The molecule has 5 nitrogen and oxygen atoms in total. The molecule has 20 heavy (non-hydrogen) atoms. The van der Waals surface area contributed by atoms with Crippen molar-refractivity contribution in [1.82, 2.24) is 10.2 Å². The van der Waals surface area contributed by atoms with Gasteiger partial charge in [-0.3, -0.25) is 9.69 Å². The van der Waals surface area contributed by atoms with Gasteiger partial charge < -0.3 is 15.8 Å². The van der Waals surface area contributed by atoms with Crippen molar-refractivity contribution in [3.05, 3.63) is 28.8 Å². The normalized spacial score (nSPS) is 16.1. The van der Waals surface area contributed by atoms with Crippen molar-refractivity contribution in [2.45, 2.75) is 6.42 Å². The van der Waals surface area contributed by atoms with Gasteiger partial charge in [-0.05, 0) is 31.2 Å². The predicted octanol–water partition coefficient (Wildman–Crippen LogP) is 1.37. The molecule has 3 N–H and O–H groups in total. The Hall–Kier alpha value is -1.30. The Labute approximate surface area is 124 Å². The molecule has 1 saturated heterocycles. The van der Waals surface area contributed by atoms with E-state index in [1.54, 1.807) is 18.2 Å². The van der Waals surface area contributed by atoms with E-state index < -0.39 is 0 Å². The zero-order valence-corrected chi connectivity index (χ0v) is 12.2. The highest BCUT2D eigenvalue weighted by Gasteiger charge is 2.11. The van der Waals surface area contributed by atoms with E-state index in [9.17, 15) is 4.79 Å². The van der Waals surface area contributed by atoms with Crippen LogP contribution in [-0.2, 0) is 4.74 Å². The van der Waals surface area contributed by atoms with Gasteiger partial charge in [0, 0.05) is 30.3 Å². The van der Waals surface area contributed by atoms with E-state index in [-0.39, 0.29) is 5.91 Å². The Morgan fingerprint density at radius 2 is 2.15 bits per heavy atom. The molecule has 1 heterocycles. The van der Waals surface area contributed by atoms with Crippen molar-refractivity contribution in [2.75, 3.05) is 45.1 Å². The van der Waals surface area contributed by atoms with E-state index in [4.69, 9.17) is 22.1 Å². The second-order valence-corrected chi connectivity index (χ2v) is 5.23. The number of rotatable bonds is 5. The van der Waals surface area contributed by atoms with Crippen LogP contribution in [0, 0.1) is 0 Å². The number of nitrogen functional groups attached to an aromatic ring is 1. The number of morpholine rings is 1. The summed E-state index contributed by atoms with van der Waals surface area (Å²) in [5.41, 5.74) is 6.65. The first-order valence-corrected chi connectivity index (χ1v) is 7.18. The van der Waals surface area contributed by atoms with E-state index in [1.807, 2.05) is 0 Å². The maximum atomic E-state index is 12.0. The highest BCUT2D eigenvalue weighted by atomic mass is 35.5. The molecule has 6 heteroatoms. The summed E-state index contributed by atoms with van der Waals surface area (Å²) < 4.78 is 5.29. The molecule has 1 aromatic rings. The molecule has 0 atom stereocenters. The molecule has 0 radical (unpaired) electrons. The van der Waals surface area contributed by atoms with Gasteiger partial charge in [-0.25, -0.2) is 0 Å². The molecular weight excluding hydrogens is 278 g/mol. The summed E-state index contributed by atoms with van der Waals surface area (Å²) >= 11 is 5.81. The van der Waals surface area contributed by atoms with Crippen LogP contribution in [0.25, 0.3) is 0 Å². The lowest BCUT2D eigenvalue weighted by Gasteiger charge is -2.26. The predicted molar refractivity (Wildman–Crippen MR) is 80.1 cm³/mol. The van der Waals surface area contributed by atoms with Crippen LogP contribution in [0.1, 0.15) is 16.8 Å². The van der Waals surface area contributed by atoms with Crippen LogP contribution in [0.3, 0.4) is 0 Å². The lowest BCUT2D eigenvalue weighted by Crippen LogP contribution is -2.38. The third kappa shape index (κ3) is 4.37. The van der Waals surface area contributed by atoms with Crippen LogP contribution in [0.15, 0.2) is 18.2 Å². The van der Waals surface area contributed by atoms with E-state index in [0.29, 0.717) is 22.8 Å². The van der Waals surface area contributed by atoms with Gasteiger partial charge in [-0.1, -0.05) is 11.6 Å². The SMILES string of the molecule is Nc1cc(Cl)ccc1C(=O)NCCCN1CCOCC1. The van der Waals surface area contributed by atoms with E-state index in [2.05, 4.69) is 10.2 Å².